The van der Waals surface area contributed by atoms with Crippen LogP contribution in [-0.2, 0) is 5.41 Å². The Morgan fingerprint density at radius 2 is 1.40 bits per heavy atom. The van der Waals surface area contributed by atoms with Gasteiger partial charge in [0.25, 0.3) is 11.8 Å². The van der Waals surface area contributed by atoms with Gasteiger partial charge >= 0.3 is 5.97 Å². The molecule has 150 valence electrons. The molecule has 1 heterocycles. The van der Waals surface area contributed by atoms with E-state index in [0.29, 0.717) is 22.6 Å². The van der Waals surface area contributed by atoms with Gasteiger partial charge in [-0.2, -0.15) is 0 Å². The second-order valence-electron chi connectivity index (χ2n) is 8.18. The van der Waals surface area contributed by atoms with Crippen LogP contribution >= 0.6 is 0 Å². The van der Waals surface area contributed by atoms with Gasteiger partial charge in [-0.1, -0.05) is 57.2 Å². The van der Waals surface area contributed by atoms with E-state index in [-0.39, 0.29) is 11.0 Å². The summed E-state index contributed by atoms with van der Waals surface area (Å²) in [6, 6.07) is 20.4. The molecule has 0 radical (unpaired) electrons. The van der Waals surface area contributed by atoms with Gasteiger partial charge in [0.05, 0.1) is 22.4 Å². The molecule has 0 unspecified atom stereocenters. The summed E-state index contributed by atoms with van der Waals surface area (Å²) in [7, 11) is 0. The molecule has 4 rings (SSSR count). The van der Waals surface area contributed by atoms with Crippen molar-refractivity contribution < 1.29 is 19.1 Å². The van der Waals surface area contributed by atoms with Crippen LogP contribution in [0.1, 0.15) is 57.4 Å². The van der Waals surface area contributed by atoms with Crippen LogP contribution in [0, 0.1) is 0 Å². The van der Waals surface area contributed by atoms with E-state index in [4.69, 9.17) is 4.74 Å². The Labute approximate surface area is 174 Å². The van der Waals surface area contributed by atoms with Crippen molar-refractivity contribution in [2.24, 2.45) is 0 Å². The van der Waals surface area contributed by atoms with Crippen LogP contribution in [0.3, 0.4) is 0 Å². The lowest BCUT2D eigenvalue weighted by molar-refractivity contribution is 0.0730. The summed E-state index contributed by atoms with van der Waals surface area (Å²) in [5.74, 6) is -0.871. The highest BCUT2D eigenvalue weighted by atomic mass is 16.5. The number of carbonyl (C=O) groups is 3. The Morgan fingerprint density at radius 1 is 0.800 bits per heavy atom. The zero-order valence-corrected chi connectivity index (χ0v) is 17.0. The first kappa shape index (κ1) is 19.6. The first-order valence-electron chi connectivity index (χ1n) is 9.67. The second-order valence-corrected chi connectivity index (χ2v) is 8.18. The number of benzene rings is 3. The number of carbonyl (C=O) groups excluding carboxylic acids is 3. The van der Waals surface area contributed by atoms with E-state index in [0.717, 1.165) is 10.5 Å². The predicted octanol–water partition coefficient (Wildman–Crippen LogP) is 5.00. The normalized spacial score (nSPS) is 13.4. The minimum absolute atomic E-state index is 0.196. The maximum atomic E-state index is 12.8. The molecule has 0 saturated heterocycles. The largest absolute Gasteiger partial charge is 0.423 e. The number of anilines is 1. The van der Waals surface area contributed by atoms with Crippen LogP contribution in [0.5, 0.6) is 5.75 Å². The highest BCUT2D eigenvalue weighted by Crippen LogP contribution is 2.32. The third-order valence-corrected chi connectivity index (χ3v) is 5.03. The summed E-state index contributed by atoms with van der Waals surface area (Å²) in [4.78, 5) is 39.4. The fourth-order valence-corrected chi connectivity index (χ4v) is 3.53. The van der Waals surface area contributed by atoms with E-state index in [2.05, 4.69) is 0 Å². The van der Waals surface area contributed by atoms with Crippen LogP contribution in [0.25, 0.3) is 0 Å². The number of imide groups is 1. The van der Waals surface area contributed by atoms with Crippen molar-refractivity contribution in [3.05, 3.63) is 95.1 Å². The molecule has 0 spiro atoms. The molecule has 3 aromatic carbocycles. The molecule has 0 fully saturated rings. The van der Waals surface area contributed by atoms with Crippen molar-refractivity contribution in [3.8, 4) is 5.75 Å². The molecule has 0 atom stereocenters. The third kappa shape index (κ3) is 3.39. The first-order chi connectivity index (χ1) is 14.3. The summed E-state index contributed by atoms with van der Waals surface area (Å²) < 4.78 is 5.66. The SMILES string of the molecule is CC(C)(C)c1ccccc1OC(=O)c1cccc(N2C(=O)c3ccccc3C2=O)c1. The van der Waals surface area contributed by atoms with Gasteiger partial charge in [0.15, 0.2) is 0 Å². The average molecular weight is 399 g/mol. The monoisotopic (exact) mass is 399 g/mol. The summed E-state index contributed by atoms with van der Waals surface area (Å²) in [5, 5.41) is 0. The Morgan fingerprint density at radius 3 is 2.03 bits per heavy atom. The molecule has 1 aliphatic rings. The number of hydrogen-bond donors (Lipinski definition) is 0. The van der Waals surface area contributed by atoms with Crippen molar-refractivity contribution >= 4 is 23.5 Å². The van der Waals surface area contributed by atoms with Gasteiger partial charge in [-0.05, 0) is 41.8 Å². The summed E-state index contributed by atoms with van der Waals surface area (Å²) >= 11 is 0. The minimum Gasteiger partial charge on any atom is -0.423 e. The highest BCUT2D eigenvalue weighted by molar-refractivity contribution is 6.34. The van der Waals surface area contributed by atoms with Crippen LogP contribution < -0.4 is 9.64 Å². The maximum absolute atomic E-state index is 12.8. The smallest absolute Gasteiger partial charge is 0.343 e. The maximum Gasteiger partial charge on any atom is 0.343 e. The van der Waals surface area contributed by atoms with Gasteiger partial charge in [-0.15, -0.1) is 0 Å². The van der Waals surface area contributed by atoms with E-state index in [1.54, 1.807) is 48.5 Å². The van der Waals surface area contributed by atoms with Gasteiger partial charge in [0, 0.05) is 5.56 Å². The molecule has 0 bridgehead atoms. The lowest BCUT2D eigenvalue weighted by Crippen LogP contribution is -2.29. The predicted molar refractivity (Wildman–Crippen MR) is 114 cm³/mol. The number of para-hydroxylation sites is 1. The van der Waals surface area contributed by atoms with E-state index in [1.807, 2.05) is 39.0 Å². The molecule has 0 aliphatic carbocycles. The van der Waals surface area contributed by atoms with Crippen LogP contribution in [-0.4, -0.2) is 17.8 Å². The molecule has 0 N–H and O–H groups in total. The molecular weight excluding hydrogens is 378 g/mol. The first-order valence-corrected chi connectivity index (χ1v) is 9.67. The van der Waals surface area contributed by atoms with Crippen LogP contribution in [0.4, 0.5) is 5.69 Å². The van der Waals surface area contributed by atoms with Crippen LogP contribution in [0.2, 0.25) is 0 Å². The number of amides is 2. The van der Waals surface area contributed by atoms with Crippen molar-refractivity contribution in [3.63, 3.8) is 0 Å². The van der Waals surface area contributed by atoms with Gasteiger partial charge in [0.1, 0.15) is 5.75 Å². The van der Waals surface area contributed by atoms with Gasteiger partial charge in [-0.25, -0.2) is 9.69 Å². The van der Waals surface area contributed by atoms with E-state index in [9.17, 15) is 14.4 Å². The Kier molecular flexibility index (Phi) is 4.74. The fraction of sp³-hybridized carbons (Fsp3) is 0.160. The van der Waals surface area contributed by atoms with Crippen molar-refractivity contribution in [1.29, 1.82) is 0 Å². The Balaban J connectivity index is 1.63. The van der Waals surface area contributed by atoms with Gasteiger partial charge in [-0.3, -0.25) is 9.59 Å². The standard InChI is InChI=1S/C25H21NO4/c1-25(2,3)20-13-6-7-14-21(20)30-24(29)16-9-8-10-17(15-16)26-22(27)18-11-4-5-12-19(18)23(26)28/h4-15H,1-3H3. The lowest BCUT2D eigenvalue weighted by atomic mass is 9.86. The zero-order chi connectivity index (χ0) is 21.5. The molecule has 5 heteroatoms. The van der Waals surface area contributed by atoms with Crippen molar-refractivity contribution in [2.45, 2.75) is 26.2 Å². The fourth-order valence-electron chi connectivity index (χ4n) is 3.53. The van der Waals surface area contributed by atoms with Crippen molar-refractivity contribution in [1.82, 2.24) is 0 Å². The zero-order valence-electron chi connectivity index (χ0n) is 17.0. The number of fused-ring (bicyclic) bond motifs is 1. The second kappa shape index (κ2) is 7.26. The number of rotatable bonds is 3. The highest BCUT2D eigenvalue weighted by Gasteiger charge is 2.36. The topological polar surface area (TPSA) is 63.7 Å². The van der Waals surface area contributed by atoms with Gasteiger partial charge < -0.3 is 4.74 Å². The quantitative estimate of drug-likeness (QED) is 0.353. The number of ether oxygens (including phenoxy) is 1. The molecular formula is C25H21NO4. The summed E-state index contributed by atoms with van der Waals surface area (Å²) in [6.45, 7) is 6.13. The number of hydrogen-bond acceptors (Lipinski definition) is 4. The number of nitrogens with zero attached hydrogens (tertiary/aromatic N) is 1. The minimum atomic E-state index is -0.551. The Bertz CT molecular complexity index is 1140. The van der Waals surface area contributed by atoms with E-state index < -0.39 is 17.8 Å². The third-order valence-electron chi connectivity index (χ3n) is 5.03. The molecule has 30 heavy (non-hydrogen) atoms. The van der Waals surface area contributed by atoms with E-state index in [1.165, 1.54) is 6.07 Å². The summed E-state index contributed by atoms with van der Waals surface area (Å²) in [6.07, 6.45) is 0. The number of esters is 1. The molecule has 0 aromatic heterocycles. The van der Waals surface area contributed by atoms with Crippen LogP contribution in [0.15, 0.2) is 72.8 Å². The van der Waals surface area contributed by atoms with Crippen molar-refractivity contribution in [2.75, 3.05) is 4.90 Å². The van der Waals surface area contributed by atoms with E-state index >= 15 is 0 Å². The Hall–Kier alpha value is -3.73. The van der Waals surface area contributed by atoms with Gasteiger partial charge in [0.2, 0.25) is 0 Å². The molecule has 2 amide bonds. The molecule has 5 nitrogen and oxygen atoms in total. The summed E-state index contributed by atoms with van der Waals surface area (Å²) in [5.41, 5.74) is 2.02. The molecule has 1 aliphatic heterocycles. The lowest BCUT2D eigenvalue weighted by Gasteiger charge is -2.22. The average Bonchev–Trinajstić information content (AvgIpc) is 2.98. The molecule has 3 aromatic rings. The molecule has 0 saturated carbocycles.